The summed E-state index contributed by atoms with van der Waals surface area (Å²) >= 11 is 0. The minimum atomic E-state index is -4.04. The Bertz CT molecular complexity index is 742. The molecule has 8 heteroatoms. The molecule has 1 N–H and O–H groups in total. The van der Waals surface area contributed by atoms with Crippen molar-refractivity contribution < 1.29 is 26.4 Å². The highest BCUT2D eigenvalue weighted by Gasteiger charge is 2.20. The van der Waals surface area contributed by atoms with Gasteiger partial charge in [-0.1, -0.05) is 0 Å². The second kappa shape index (κ2) is 6.04. The lowest BCUT2D eigenvalue weighted by Crippen LogP contribution is -2.29. The fraction of sp³-hybridized carbons (Fsp3) is 0.154. The fourth-order valence-electron chi connectivity index (χ4n) is 1.58. The van der Waals surface area contributed by atoms with E-state index in [1.807, 2.05) is 0 Å². The number of rotatable bonds is 5. The van der Waals surface area contributed by atoms with Crippen LogP contribution in [0, 0.1) is 11.6 Å². The Balaban J connectivity index is 2.02. The van der Waals surface area contributed by atoms with Crippen molar-refractivity contribution in [2.24, 2.45) is 0 Å². The molecular formula is C13H11F2NO4S. The standard InChI is InChI=1S/C13H11F2NO4S/c14-11-4-3-10(6-12(11)15)21(18,19)8-13(17)16-7-9-2-1-5-20-9/h1-6H,7-8H2,(H,16,17). The van der Waals surface area contributed by atoms with Crippen LogP contribution in [-0.2, 0) is 21.2 Å². The maximum atomic E-state index is 13.0. The van der Waals surface area contributed by atoms with Gasteiger partial charge in [-0.2, -0.15) is 0 Å². The lowest BCUT2D eigenvalue weighted by Gasteiger charge is -2.06. The molecule has 1 amide bonds. The van der Waals surface area contributed by atoms with Crippen LogP contribution in [-0.4, -0.2) is 20.1 Å². The molecule has 1 aromatic carbocycles. The minimum absolute atomic E-state index is 0.0408. The number of sulfone groups is 1. The third-order valence-corrected chi connectivity index (χ3v) is 4.23. The van der Waals surface area contributed by atoms with Gasteiger partial charge in [-0.3, -0.25) is 4.79 Å². The molecule has 0 aliphatic carbocycles. The van der Waals surface area contributed by atoms with Crippen molar-refractivity contribution in [3.8, 4) is 0 Å². The number of amides is 1. The molecule has 5 nitrogen and oxygen atoms in total. The average molecular weight is 315 g/mol. The molecule has 0 saturated heterocycles. The van der Waals surface area contributed by atoms with Gasteiger partial charge in [0.25, 0.3) is 0 Å². The molecule has 112 valence electrons. The highest BCUT2D eigenvalue weighted by Crippen LogP contribution is 2.15. The summed E-state index contributed by atoms with van der Waals surface area (Å²) in [6.45, 7) is 0.0408. The Morgan fingerprint density at radius 2 is 1.95 bits per heavy atom. The van der Waals surface area contributed by atoms with Crippen LogP contribution < -0.4 is 5.32 Å². The van der Waals surface area contributed by atoms with E-state index in [9.17, 15) is 22.0 Å². The van der Waals surface area contributed by atoms with Gasteiger partial charge in [-0.25, -0.2) is 17.2 Å². The molecule has 1 aromatic heterocycles. The summed E-state index contributed by atoms with van der Waals surface area (Å²) in [5.41, 5.74) is 0. The van der Waals surface area contributed by atoms with Gasteiger partial charge in [0.05, 0.1) is 17.7 Å². The molecule has 0 radical (unpaired) electrons. The number of hydrogen-bond donors (Lipinski definition) is 1. The quantitative estimate of drug-likeness (QED) is 0.851. The number of furan rings is 1. The minimum Gasteiger partial charge on any atom is -0.467 e. The third-order valence-electron chi connectivity index (χ3n) is 2.61. The number of carbonyl (C=O) groups excluding carboxylic acids is 1. The maximum Gasteiger partial charge on any atom is 0.235 e. The Morgan fingerprint density at radius 1 is 1.19 bits per heavy atom. The van der Waals surface area contributed by atoms with Gasteiger partial charge in [0, 0.05) is 0 Å². The molecule has 2 aromatic rings. The first kappa shape index (κ1) is 15.2. The van der Waals surface area contributed by atoms with Crippen LogP contribution >= 0.6 is 0 Å². The normalized spacial score (nSPS) is 11.3. The molecule has 21 heavy (non-hydrogen) atoms. The van der Waals surface area contributed by atoms with Crippen molar-refractivity contribution in [1.29, 1.82) is 0 Å². The van der Waals surface area contributed by atoms with Crippen molar-refractivity contribution in [2.45, 2.75) is 11.4 Å². The van der Waals surface area contributed by atoms with Crippen LogP contribution in [0.2, 0.25) is 0 Å². The summed E-state index contributed by atoms with van der Waals surface area (Å²) in [7, 11) is -4.04. The highest BCUT2D eigenvalue weighted by molar-refractivity contribution is 7.92. The number of benzene rings is 1. The molecule has 0 atom stereocenters. The van der Waals surface area contributed by atoms with E-state index in [1.165, 1.54) is 6.26 Å². The number of carbonyl (C=O) groups is 1. The maximum absolute atomic E-state index is 13.0. The molecule has 0 aliphatic rings. The van der Waals surface area contributed by atoms with E-state index >= 15 is 0 Å². The zero-order valence-corrected chi connectivity index (χ0v) is 11.5. The molecule has 0 unspecified atom stereocenters. The van der Waals surface area contributed by atoms with Gasteiger partial charge < -0.3 is 9.73 Å². The van der Waals surface area contributed by atoms with E-state index in [1.54, 1.807) is 12.1 Å². The molecule has 0 fully saturated rings. The van der Waals surface area contributed by atoms with E-state index in [-0.39, 0.29) is 6.54 Å². The molecular weight excluding hydrogens is 304 g/mol. The fourth-order valence-corrected chi connectivity index (χ4v) is 2.75. The largest absolute Gasteiger partial charge is 0.467 e. The van der Waals surface area contributed by atoms with Crippen LogP contribution in [0.25, 0.3) is 0 Å². The first-order valence-electron chi connectivity index (χ1n) is 5.85. The lowest BCUT2D eigenvalue weighted by atomic mass is 10.3. The van der Waals surface area contributed by atoms with Crippen molar-refractivity contribution >= 4 is 15.7 Å². The molecule has 2 rings (SSSR count). The Hall–Kier alpha value is -2.22. The molecule has 0 saturated carbocycles. The van der Waals surface area contributed by atoms with E-state index in [0.29, 0.717) is 17.9 Å². The Morgan fingerprint density at radius 3 is 2.57 bits per heavy atom. The Labute approximate surface area is 119 Å². The van der Waals surface area contributed by atoms with Crippen LogP contribution in [0.3, 0.4) is 0 Å². The van der Waals surface area contributed by atoms with Crippen LogP contribution in [0.15, 0.2) is 45.9 Å². The summed E-state index contributed by atoms with van der Waals surface area (Å²) in [5, 5.41) is 2.36. The second-order valence-corrected chi connectivity index (χ2v) is 6.18. The van der Waals surface area contributed by atoms with Crippen molar-refractivity contribution in [3.63, 3.8) is 0 Å². The number of nitrogens with one attached hydrogen (secondary N) is 1. The van der Waals surface area contributed by atoms with Crippen LogP contribution in [0.5, 0.6) is 0 Å². The number of halogens is 2. The van der Waals surface area contributed by atoms with Gasteiger partial charge in [0.1, 0.15) is 11.5 Å². The summed E-state index contributed by atoms with van der Waals surface area (Å²) in [5.74, 6) is -3.60. The summed E-state index contributed by atoms with van der Waals surface area (Å²) in [6, 6.07) is 5.39. The molecule has 1 heterocycles. The summed E-state index contributed by atoms with van der Waals surface area (Å²) in [4.78, 5) is 11.1. The summed E-state index contributed by atoms with van der Waals surface area (Å²) in [6.07, 6.45) is 1.42. The van der Waals surface area contributed by atoms with Gasteiger partial charge in [-0.05, 0) is 30.3 Å². The zero-order valence-electron chi connectivity index (χ0n) is 10.7. The van der Waals surface area contributed by atoms with Crippen molar-refractivity contribution in [3.05, 3.63) is 54.0 Å². The molecule has 0 spiro atoms. The monoisotopic (exact) mass is 315 g/mol. The van der Waals surface area contributed by atoms with Gasteiger partial charge in [0.2, 0.25) is 5.91 Å². The molecule has 0 aliphatic heterocycles. The van der Waals surface area contributed by atoms with Crippen LogP contribution in [0.4, 0.5) is 8.78 Å². The zero-order chi connectivity index (χ0) is 15.5. The van der Waals surface area contributed by atoms with Crippen molar-refractivity contribution in [2.75, 3.05) is 5.75 Å². The predicted octanol–water partition coefficient (Wildman–Crippen LogP) is 1.65. The van der Waals surface area contributed by atoms with Gasteiger partial charge >= 0.3 is 0 Å². The van der Waals surface area contributed by atoms with E-state index < -0.39 is 38.0 Å². The van der Waals surface area contributed by atoms with E-state index in [4.69, 9.17) is 4.42 Å². The topological polar surface area (TPSA) is 76.4 Å². The predicted molar refractivity (Wildman–Crippen MR) is 69.0 cm³/mol. The van der Waals surface area contributed by atoms with Crippen LogP contribution in [0.1, 0.15) is 5.76 Å². The Kier molecular flexibility index (Phi) is 4.37. The summed E-state index contributed by atoms with van der Waals surface area (Å²) < 4.78 is 54.6. The smallest absolute Gasteiger partial charge is 0.235 e. The van der Waals surface area contributed by atoms with E-state index in [2.05, 4.69) is 5.32 Å². The number of hydrogen-bond acceptors (Lipinski definition) is 4. The molecule has 0 bridgehead atoms. The average Bonchev–Trinajstić information content (AvgIpc) is 2.92. The van der Waals surface area contributed by atoms with Crippen molar-refractivity contribution in [1.82, 2.24) is 5.32 Å². The first-order chi connectivity index (χ1) is 9.88. The lowest BCUT2D eigenvalue weighted by molar-refractivity contribution is -0.118. The van der Waals surface area contributed by atoms with Gasteiger partial charge in [-0.15, -0.1) is 0 Å². The first-order valence-corrected chi connectivity index (χ1v) is 7.50. The second-order valence-electron chi connectivity index (χ2n) is 4.19. The van der Waals surface area contributed by atoms with Gasteiger partial charge in [0.15, 0.2) is 21.5 Å². The SMILES string of the molecule is O=C(CS(=O)(=O)c1ccc(F)c(F)c1)NCc1ccco1. The highest BCUT2D eigenvalue weighted by atomic mass is 32.2. The van der Waals surface area contributed by atoms with E-state index in [0.717, 1.165) is 6.07 Å². The third kappa shape index (κ3) is 3.88.